The summed E-state index contributed by atoms with van der Waals surface area (Å²) in [5, 5.41) is 4.42. The minimum Gasteiger partial charge on any atom is -0.493 e. The third kappa shape index (κ3) is 2.36. The molecule has 0 saturated heterocycles. The SMILES string of the molecule is COc1cc(Cl)c(C)c(-c2noc(CN)n2)c1OC. The van der Waals surface area contributed by atoms with E-state index in [0.29, 0.717) is 33.8 Å². The van der Waals surface area contributed by atoms with Crippen LogP contribution in [0.1, 0.15) is 11.5 Å². The van der Waals surface area contributed by atoms with Gasteiger partial charge in [0.25, 0.3) is 0 Å². The number of halogens is 1. The Morgan fingerprint density at radius 3 is 2.63 bits per heavy atom. The second kappa shape index (κ2) is 5.46. The van der Waals surface area contributed by atoms with Crippen molar-refractivity contribution < 1.29 is 14.0 Å². The smallest absolute Gasteiger partial charge is 0.240 e. The van der Waals surface area contributed by atoms with Crippen LogP contribution >= 0.6 is 11.6 Å². The molecule has 0 aliphatic rings. The Balaban J connectivity index is 2.69. The van der Waals surface area contributed by atoms with Crippen molar-refractivity contribution in [3.8, 4) is 22.9 Å². The number of benzene rings is 1. The van der Waals surface area contributed by atoms with Gasteiger partial charge in [0.1, 0.15) is 0 Å². The van der Waals surface area contributed by atoms with Crippen LogP contribution in [0.4, 0.5) is 0 Å². The highest BCUT2D eigenvalue weighted by molar-refractivity contribution is 6.32. The summed E-state index contributed by atoms with van der Waals surface area (Å²) >= 11 is 6.17. The number of rotatable bonds is 4. The molecule has 7 heteroatoms. The molecular weight excluding hydrogens is 270 g/mol. The first-order valence-electron chi connectivity index (χ1n) is 5.56. The van der Waals surface area contributed by atoms with Crippen molar-refractivity contribution in [1.29, 1.82) is 0 Å². The lowest BCUT2D eigenvalue weighted by molar-refractivity contribution is 0.355. The van der Waals surface area contributed by atoms with E-state index in [-0.39, 0.29) is 6.54 Å². The standard InChI is InChI=1S/C12H14ClN3O3/c1-6-7(13)4-8(17-2)11(18-3)10(6)12-15-9(5-14)19-16-12/h4H,5,14H2,1-3H3. The van der Waals surface area contributed by atoms with E-state index in [1.54, 1.807) is 13.2 Å². The molecule has 1 aromatic carbocycles. The average Bonchev–Trinajstić information content (AvgIpc) is 2.89. The van der Waals surface area contributed by atoms with E-state index in [0.717, 1.165) is 5.56 Å². The molecule has 2 rings (SSSR count). The molecule has 0 fully saturated rings. The summed E-state index contributed by atoms with van der Waals surface area (Å²) in [5.41, 5.74) is 6.87. The topological polar surface area (TPSA) is 83.4 Å². The highest BCUT2D eigenvalue weighted by Crippen LogP contribution is 2.42. The van der Waals surface area contributed by atoms with Gasteiger partial charge in [-0.25, -0.2) is 0 Å². The number of hydrogen-bond acceptors (Lipinski definition) is 6. The Hall–Kier alpha value is -1.79. The van der Waals surface area contributed by atoms with Crippen LogP contribution in [0.5, 0.6) is 11.5 Å². The first-order valence-corrected chi connectivity index (χ1v) is 5.94. The van der Waals surface area contributed by atoms with Crippen molar-refractivity contribution in [2.24, 2.45) is 5.73 Å². The lowest BCUT2D eigenvalue weighted by Gasteiger charge is -2.14. The van der Waals surface area contributed by atoms with E-state index < -0.39 is 0 Å². The molecule has 0 atom stereocenters. The third-order valence-electron chi connectivity index (χ3n) is 2.73. The Labute approximate surface area is 115 Å². The van der Waals surface area contributed by atoms with E-state index in [1.807, 2.05) is 6.92 Å². The van der Waals surface area contributed by atoms with Crippen LogP contribution < -0.4 is 15.2 Å². The Morgan fingerprint density at radius 1 is 1.37 bits per heavy atom. The fraction of sp³-hybridized carbons (Fsp3) is 0.333. The quantitative estimate of drug-likeness (QED) is 0.926. The lowest BCUT2D eigenvalue weighted by Crippen LogP contribution is -1.99. The zero-order chi connectivity index (χ0) is 14.0. The fourth-order valence-corrected chi connectivity index (χ4v) is 1.96. The van der Waals surface area contributed by atoms with Gasteiger partial charge in [-0.15, -0.1) is 0 Å². The van der Waals surface area contributed by atoms with E-state index in [9.17, 15) is 0 Å². The van der Waals surface area contributed by atoms with Gasteiger partial charge in [-0.2, -0.15) is 4.98 Å². The number of nitrogens with two attached hydrogens (primary N) is 1. The molecular formula is C12H14ClN3O3. The zero-order valence-electron chi connectivity index (χ0n) is 10.9. The van der Waals surface area contributed by atoms with Gasteiger partial charge in [0.05, 0.1) is 26.3 Å². The van der Waals surface area contributed by atoms with Crippen molar-refractivity contribution in [2.45, 2.75) is 13.5 Å². The zero-order valence-corrected chi connectivity index (χ0v) is 11.6. The first kappa shape index (κ1) is 13.6. The molecule has 1 heterocycles. The minimum absolute atomic E-state index is 0.173. The predicted octanol–water partition coefficient (Wildman–Crippen LogP) is 2.17. The van der Waals surface area contributed by atoms with Crippen LogP contribution in [0, 0.1) is 6.92 Å². The molecule has 102 valence electrons. The summed E-state index contributed by atoms with van der Waals surface area (Å²) in [6, 6.07) is 1.68. The van der Waals surface area contributed by atoms with Gasteiger partial charge in [-0.3, -0.25) is 0 Å². The lowest BCUT2D eigenvalue weighted by atomic mass is 10.1. The minimum atomic E-state index is 0.173. The second-order valence-corrected chi connectivity index (χ2v) is 4.22. The molecule has 2 aromatic rings. The Morgan fingerprint density at radius 2 is 2.11 bits per heavy atom. The molecule has 0 radical (unpaired) electrons. The molecule has 0 spiro atoms. The van der Waals surface area contributed by atoms with Crippen molar-refractivity contribution >= 4 is 11.6 Å². The maximum atomic E-state index is 6.17. The van der Waals surface area contributed by atoms with Crippen molar-refractivity contribution in [2.75, 3.05) is 14.2 Å². The van der Waals surface area contributed by atoms with E-state index in [2.05, 4.69) is 10.1 Å². The van der Waals surface area contributed by atoms with Gasteiger partial charge in [0.15, 0.2) is 11.5 Å². The number of hydrogen-bond donors (Lipinski definition) is 1. The number of methoxy groups -OCH3 is 2. The summed E-state index contributed by atoms with van der Waals surface area (Å²) in [4.78, 5) is 4.19. The number of aromatic nitrogens is 2. The molecule has 0 aliphatic carbocycles. The van der Waals surface area contributed by atoms with Crippen LogP contribution in [0.25, 0.3) is 11.4 Å². The van der Waals surface area contributed by atoms with Gasteiger partial charge in [0, 0.05) is 11.1 Å². The molecule has 0 amide bonds. The maximum absolute atomic E-state index is 6.17. The second-order valence-electron chi connectivity index (χ2n) is 3.81. The molecule has 19 heavy (non-hydrogen) atoms. The van der Waals surface area contributed by atoms with Gasteiger partial charge in [-0.05, 0) is 12.5 Å². The van der Waals surface area contributed by atoms with Gasteiger partial charge in [0.2, 0.25) is 11.7 Å². The highest BCUT2D eigenvalue weighted by atomic mass is 35.5. The first-order chi connectivity index (χ1) is 9.12. The van der Waals surface area contributed by atoms with Crippen LogP contribution in [0.2, 0.25) is 5.02 Å². The normalized spacial score (nSPS) is 10.6. The molecule has 0 unspecified atom stereocenters. The molecule has 2 N–H and O–H groups in total. The van der Waals surface area contributed by atoms with Crippen LogP contribution in [-0.4, -0.2) is 24.4 Å². The molecule has 0 saturated carbocycles. The van der Waals surface area contributed by atoms with Gasteiger partial charge < -0.3 is 19.7 Å². The third-order valence-corrected chi connectivity index (χ3v) is 3.12. The van der Waals surface area contributed by atoms with Crippen LogP contribution in [0.15, 0.2) is 10.6 Å². The van der Waals surface area contributed by atoms with E-state index >= 15 is 0 Å². The highest BCUT2D eigenvalue weighted by Gasteiger charge is 2.21. The summed E-state index contributed by atoms with van der Waals surface area (Å²) in [7, 11) is 3.08. The summed E-state index contributed by atoms with van der Waals surface area (Å²) in [5.74, 6) is 1.73. The van der Waals surface area contributed by atoms with Gasteiger partial charge >= 0.3 is 0 Å². The summed E-state index contributed by atoms with van der Waals surface area (Å²) in [6.45, 7) is 2.02. The predicted molar refractivity (Wildman–Crippen MR) is 70.5 cm³/mol. The molecule has 6 nitrogen and oxygen atoms in total. The average molecular weight is 284 g/mol. The fourth-order valence-electron chi connectivity index (χ4n) is 1.76. The molecule has 1 aromatic heterocycles. The van der Waals surface area contributed by atoms with Gasteiger partial charge in [-0.1, -0.05) is 16.8 Å². The summed E-state index contributed by atoms with van der Waals surface area (Å²) in [6.07, 6.45) is 0. The van der Waals surface area contributed by atoms with E-state index in [1.165, 1.54) is 7.11 Å². The maximum Gasteiger partial charge on any atom is 0.240 e. The van der Waals surface area contributed by atoms with Crippen molar-refractivity contribution in [3.05, 3.63) is 22.5 Å². The summed E-state index contributed by atoms with van der Waals surface area (Å²) < 4.78 is 15.6. The molecule has 0 bridgehead atoms. The van der Waals surface area contributed by atoms with E-state index in [4.69, 9.17) is 31.3 Å². The van der Waals surface area contributed by atoms with Crippen molar-refractivity contribution in [3.63, 3.8) is 0 Å². The van der Waals surface area contributed by atoms with Crippen molar-refractivity contribution in [1.82, 2.24) is 10.1 Å². The largest absolute Gasteiger partial charge is 0.493 e. The van der Waals surface area contributed by atoms with Crippen LogP contribution in [0.3, 0.4) is 0 Å². The Bertz CT molecular complexity index is 598. The van der Waals surface area contributed by atoms with Crippen LogP contribution in [-0.2, 0) is 6.54 Å². The molecule has 0 aliphatic heterocycles. The number of nitrogens with zero attached hydrogens (tertiary/aromatic N) is 2. The number of ether oxygens (including phenoxy) is 2. The Kier molecular flexibility index (Phi) is 3.92. The monoisotopic (exact) mass is 283 g/mol.